The summed E-state index contributed by atoms with van der Waals surface area (Å²) in [5.74, 6) is -2.86. The predicted molar refractivity (Wildman–Crippen MR) is 124 cm³/mol. The normalized spacial score (nSPS) is 20.2. The third kappa shape index (κ3) is 7.20. The van der Waals surface area contributed by atoms with Crippen LogP contribution >= 0.6 is 0 Å². The first-order valence-electron chi connectivity index (χ1n) is 11.5. The average Bonchev–Trinajstić information content (AvgIpc) is 3.35. The number of hydrogen-bond acceptors (Lipinski definition) is 5. The Labute approximate surface area is 206 Å². The molecule has 2 saturated heterocycles. The van der Waals surface area contributed by atoms with Gasteiger partial charge in [-0.15, -0.1) is 0 Å². The number of alkyl halides is 3. The molecule has 0 spiro atoms. The van der Waals surface area contributed by atoms with Crippen LogP contribution in [-0.2, 0) is 9.59 Å². The molecule has 4 N–H and O–H groups in total. The van der Waals surface area contributed by atoms with E-state index in [1.54, 1.807) is 23.1 Å². The highest BCUT2D eigenvalue weighted by atomic mass is 19.4. The lowest BCUT2D eigenvalue weighted by atomic mass is 10.0. The Balaban J connectivity index is 0.000000454. The zero-order valence-electron chi connectivity index (χ0n) is 19.4. The molecule has 11 heteroatoms. The molecule has 8 nitrogen and oxygen atoms in total. The van der Waals surface area contributed by atoms with Crippen LogP contribution in [-0.4, -0.2) is 64.2 Å². The van der Waals surface area contributed by atoms with Gasteiger partial charge < -0.3 is 20.4 Å². The van der Waals surface area contributed by atoms with E-state index >= 15 is 0 Å². The number of aromatic hydroxyl groups is 1. The van der Waals surface area contributed by atoms with Crippen molar-refractivity contribution in [1.82, 2.24) is 15.5 Å². The molecular weight excluding hydrogens is 479 g/mol. The zero-order chi connectivity index (χ0) is 26.3. The molecule has 0 saturated carbocycles. The molecule has 2 atom stereocenters. The lowest BCUT2D eigenvalue weighted by molar-refractivity contribution is -0.192. The summed E-state index contributed by atoms with van der Waals surface area (Å²) in [7, 11) is 0. The van der Waals surface area contributed by atoms with Gasteiger partial charge in [-0.2, -0.15) is 13.2 Å². The van der Waals surface area contributed by atoms with Gasteiger partial charge in [-0.1, -0.05) is 42.5 Å². The van der Waals surface area contributed by atoms with Crippen molar-refractivity contribution >= 4 is 17.8 Å². The SMILES string of the molecule is O=C(NC1CCN(C(=O)c2ccccc2O)CC1)[C@@H]1CC[C@@H](c2ccccc2)N1.O=C(O)C(F)(F)F. The van der Waals surface area contributed by atoms with Crippen LogP contribution in [0.1, 0.15) is 47.6 Å². The van der Waals surface area contributed by atoms with E-state index in [1.807, 2.05) is 18.2 Å². The van der Waals surface area contributed by atoms with Crippen LogP contribution in [0.4, 0.5) is 13.2 Å². The maximum Gasteiger partial charge on any atom is 0.490 e. The number of carboxylic acid groups (broad SMARTS) is 1. The molecule has 4 rings (SSSR count). The molecule has 0 radical (unpaired) electrons. The summed E-state index contributed by atoms with van der Waals surface area (Å²) in [6.45, 7) is 1.14. The quantitative estimate of drug-likeness (QED) is 0.505. The van der Waals surface area contributed by atoms with Crippen molar-refractivity contribution in [2.45, 2.75) is 50.0 Å². The Bertz CT molecular complexity index is 1060. The zero-order valence-corrected chi connectivity index (χ0v) is 19.4. The van der Waals surface area contributed by atoms with Crippen LogP contribution in [0.25, 0.3) is 0 Å². The Morgan fingerprint density at radius 3 is 2.08 bits per heavy atom. The minimum absolute atomic E-state index is 0.00760. The van der Waals surface area contributed by atoms with Crippen molar-refractivity contribution in [2.24, 2.45) is 0 Å². The van der Waals surface area contributed by atoms with Crippen LogP contribution in [0, 0.1) is 0 Å². The van der Waals surface area contributed by atoms with Gasteiger partial charge in [-0.25, -0.2) is 4.79 Å². The number of phenolic OH excluding ortho intramolecular Hbond substituents is 1. The van der Waals surface area contributed by atoms with Gasteiger partial charge in [-0.05, 0) is 43.4 Å². The number of benzene rings is 2. The fraction of sp³-hybridized carbons (Fsp3) is 0.400. The van der Waals surface area contributed by atoms with Gasteiger partial charge in [-0.3, -0.25) is 14.9 Å². The second-order valence-corrected chi connectivity index (χ2v) is 8.65. The van der Waals surface area contributed by atoms with Crippen molar-refractivity contribution in [2.75, 3.05) is 13.1 Å². The van der Waals surface area contributed by atoms with Gasteiger partial charge >= 0.3 is 12.1 Å². The van der Waals surface area contributed by atoms with Crippen LogP contribution in [0.15, 0.2) is 54.6 Å². The first kappa shape index (κ1) is 27.0. The van der Waals surface area contributed by atoms with Gasteiger partial charge in [0, 0.05) is 25.2 Å². The van der Waals surface area contributed by atoms with Crippen LogP contribution < -0.4 is 10.6 Å². The molecule has 0 aromatic heterocycles. The summed E-state index contributed by atoms with van der Waals surface area (Å²) in [4.78, 5) is 35.9. The summed E-state index contributed by atoms with van der Waals surface area (Å²) < 4.78 is 31.7. The van der Waals surface area contributed by atoms with Crippen LogP contribution in [0.3, 0.4) is 0 Å². The first-order valence-corrected chi connectivity index (χ1v) is 11.5. The summed E-state index contributed by atoms with van der Waals surface area (Å²) in [6.07, 6.45) is -1.86. The van der Waals surface area contributed by atoms with Gasteiger partial charge in [0.05, 0.1) is 11.6 Å². The number of nitrogens with zero attached hydrogens (tertiary/aromatic N) is 1. The van der Waals surface area contributed by atoms with Crippen molar-refractivity contribution in [3.63, 3.8) is 0 Å². The smallest absolute Gasteiger partial charge is 0.490 e. The Morgan fingerprint density at radius 1 is 0.917 bits per heavy atom. The number of amides is 2. The summed E-state index contributed by atoms with van der Waals surface area (Å²) in [5, 5.41) is 23.6. The van der Waals surface area contributed by atoms with E-state index in [4.69, 9.17) is 9.90 Å². The number of rotatable bonds is 4. The lowest BCUT2D eigenvalue weighted by Gasteiger charge is -2.33. The van der Waals surface area contributed by atoms with Crippen LogP contribution in [0.5, 0.6) is 5.75 Å². The molecule has 0 aliphatic carbocycles. The lowest BCUT2D eigenvalue weighted by Crippen LogP contribution is -2.50. The molecule has 2 aromatic rings. The van der Waals surface area contributed by atoms with Crippen molar-refractivity contribution < 1.29 is 37.8 Å². The molecule has 194 valence electrons. The highest BCUT2D eigenvalue weighted by Crippen LogP contribution is 2.27. The summed E-state index contributed by atoms with van der Waals surface area (Å²) >= 11 is 0. The number of para-hydroxylation sites is 1. The first-order chi connectivity index (χ1) is 17.1. The third-order valence-corrected chi connectivity index (χ3v) is 6.17. The molecule has 2 amide bonds. The van der Waals surface area contributed by atoms with E-state index in [0.29, 0.717) is 18.7 Å². The fourth-order valence-corrected chi connectivity index (χ4v) is 4.25. The van der Waals surface area contributed by atoms with Gasteiger partial charge in [0.15, 0.2) is 0 Å². The van der Waals surface area contributed by atoms with E-state index in [1.165, 1.54) is 11.6 Å². The van der Waals surface area contributed by atoms with Crippen LogP contribution in [0.2, 0.25) is 0 Å². The van der Waals surface area contributed by atoms with E-state index in [0.717, 1.165) is 25.7 Å². The molecule has 0 bridgehead atoms. The highest BCUT2D eigenvalue weighted by molar-refractivity contribution is 5.96. The molecule has 2 aliphatic heterocycles. The fourth-order valence-electron chi connectivity index (χ4n) is 4.25. The maximum atomic E-state index is 12.7. The number of likely N-dealkylation sites (tertiary alicyclic amines) is 1. The number of carbonyl (C=O) groups is 3. The largest absolute Gasteiger partial charge is 0.507 e. The van der Waals surface area contributed by atoms with E-state index < -0.39 is 12.1 Å². The number of phenols is 1. The Morgan fingerprint density at radius 2 is 1.50 bits per heavy atom. The standard InChI is InChI=1S/C23H27N3O3.C2HF3O2/c27-21-9-5-4-8-18(21)23(29)26-14-12-17(13-15-26)24-22(28)20-11-10-19(25-20)16-6-2-1-3-7-16;3-2(4,5)1(6)7/h1-9,17,19-20,25,27H,10-15H2,(H,24,28);(H,6,7)/t19-,20-;/m0./s1. The number of halogens is 3. The number of piperidine rings is 1. The highest BCUT2D eigenvalue weighted by Gasteiger charge is 2.38. The minimum Gasteiger partial charge on any atom is -0.507 e. The van der Waals surface area contributed by atoms with Gasteiger partial charge in [0.25, 0.3) is 5.91 Å². The third-order valence-electron chi connectivity index (χ3n) is 6.17. The van der Waals surface area contributed by atoms with Crippen molar-refractivity contribution in [1.29, 1.82) is 0 Å². The van der Waals surface area contributed by atoms with Crippen molar-refractivity contribution in [3.05, 3.63) is 65.7 Å². The summed E-state index contributed by atoms with van der Waals surface area (Å²) in [6, 6.07) is 17.0. The molecule has 0 unspecified atom stereocenters. The Hall–Kier alpha value is -3.60. The van der Waals surface area contributed by atoms with E-state index in [-0.39, 0.29) is 35.7 Å². The molecular formula is C25H28F3N3O5. The molecule has 2 aromatic carbocycles. The predicted octanol–water partition coefficient (Wildman–Crippen LogP) is 3.24. The average molecular weight is 508 g/mol. The number of hydrogen-bond donors (Lipinski definition) is 4. The molecule has 2 fully saturated rings. The Kier molecular flexibility index (Phi) is 8.92. The number of nitrogens with one attached hydrogen (secondary N) is 2. The summed E-state index contributed by atoms with van der Waals surface area (Å²) in [5.41, 5.74) is 1.55. The van der Waals surface area contributed by atoms with Gasteiger partial charge in [0.2, 0.25) is 5.91 Å². The molecule has 36 heavy (non-hydrogen) atoms. The second kappa shape index (κ2) is 11.9. The minimum atomic E-state index is -5.08. The monoisotopic (exact) mass is 507 g/mol. The maximum absolute atomic E-state index is 12.7. The molecule has 2 aliphatic rings. The van der Waals surface area contributed by atoms with E-state index in [2.05, 4.69) is 22.8 Å². The molecule has 2 heterocycles. The second-order valence-electron chi connectivity index (χ2n) is 8.65. The number of aliphatic carboxylic acids is 1. The topological polar surface area (TPSA) is 119 Å². The van der Waals surface area contributed by atoms with Crippen molar-refractivity contribution in [3.8, 4) is 5.75 Å². The van der Waals surface area contributed by atoms with Gasteiger partial charge in [0.1, 0.15) is 5.75 Å². The van der Waals surface area contributed by atoms with E-state index in [9.17, 15) is 27.9 Å². The number of carboxylic acids is 1. The number of carbonyl (C=O) groups excluding carboxylic acids is 2.